The molecule has 1 heterocycles. The highest BCUT2D eigenvalue weighted by atomic mass is 16.6. The Morgan fingerprint density at radius 3 is 1.26 bits per heavy atom. The van der Waals surface area contributed by atoms with Crippen LogP contribution in [0.1, 0.15) is 182 Å². The lowest BCUT2D eigenvalue weighted by atomic mass is 10.00. The summed E-state index contributed by atoms with van der Waals surface area (Å²) in [7, 11) is 1.45. The van der Waals surface area contributed by atoms with E-state index in [1.165, 1.54) is 20.9 Å². The van der Waals surface area contributed by atoms with Gasteiger partial charge in [0.25, 0.3) is 0 Å². The number of hydrogen-bond acceptors (Lipinski definition) is 23. The third-order valence-electron chi connectivity index (χ3n) is 15.5. The topological polar surface area (TPSA) is 518 Å². The zero-order valence-corrected chi connectivity index (χ0v) is 67.7. The van der Waals surface area contributed by atoms with Gasteiger partial charge in [-0.25, -0.2) is 24.0 Å². The van der Waals surface area contributed by atoms with E-state index in [9.17, 15) is 63.0 Å². The van der Waals surface area contributed by atoms with Gasteiger partial charge in [-0.3, -0.25) is 43.2 Å². The molecule has 2 unspecified atom stereocenters. The molecule has 1 aromatic rings. The van der Waals surface area contributed by atoms with Crippen molar-refractivity contribution in [2.75, 3.05) is 52.9 Å². The van der Waals surface area contributed by atoms with E-state index < -0.39 is 210 Å². The monoisotopic (exact) mass is 1560 g/mol. The van der Waals surface area contributed by atoms with Crippen LogP contribution < -0.4 is 85.1 Å². The van der Waals surface area contributed by atoms with E-state index in [1.807, 2.05) is 0 Å². The molecule has 1 aliphatic rings. The number of carbonyl (C=O) groups excluding carboxylic acids is 14. The van der Waals surface area contributed by atoms with Crippen molar-refractivity contribution in [1.82, 2.24) is 85.1 Å². The minimum absolute atomic E-state index is 0.0238. The van der Waals surface area contributed by atoms with Gasteiger partial charge in [-0.1, -0.05) is 44.2 Å². The first-order valence-corrected chi connectivity index (χ1v) is 37.2. The maximum Gasteiger partial charge on any atom is 0.407 e. The third kappa shape index (κ3) is 41.4. The first kappa shape index (κ1) is 96.7. The lowest BCUT2D eigenvalue weighted by Crippen LogP contribution is -2.61. The van der Waals surface area contributed by atoms with E-state index in [0.717, 1.165) is 0 Å². The van der Waals surface area contributed by atoms with Crippen LogP contribution in [0.2, 0.25) is 0 Å². The quantitative estimate of drug-likeness (QED) is 0.0510. The van der Waals surface area contributed by atoms with Crippen LogP contribution in [0.3, 0.4) is 0 Å². The number of carbonyl (C=O) groups is 14. The Hall–Kier alpha value is -9.36. The normalized spacial score (nSPS) is 20.5. The molecule has 624 valence electrons. The van der Waals surface area contributed by atoms with Gasteiger partial charge in [-0.15, -0.1) is 0 Å². The fourth-order valence-corrected chi connectivity index (χ4v) is 10.4. The Morgan fingerprint density at radius 1 is 0.464 bits per heavy atom. The van der Waals surface area contributed by atoms with E-state index in [-0.39, 0.29) is 77.2 Å². The molecule has 0 bridgehead atoms. The van der Waals surface area contributed by atoms with Gasteiger partial charge >= 0.3 is 30.5 Å². The molecule has 0 aromatic heterocycles. The molecule has 12 atom stereocenters. The van der Waals surface area contributed by atoms with Gasteiger partial charge in [0, 0.05) is 58.3 Å². The molecule has 14 amide bonds. The molecule has 0 radical (unpaired) electrons. The lowest BCUT2D eigenvalue weighted by molar-refractivity contribution is -0.136. The first-order chi connectivity index (χ1) is 50.8. The summed E-state index contributed by atoms with van der Waals surface area (Å²) in [6.45, 7) is 28.2. The Bertz CT molecular complexity index is 3200. The number of aliphatic hydroxyl groups excluding tert-OH is 2. The molecule has 0 spiro atoms. The summed E-state index contributed by atoms with van der Waals surface area (Å²) in [4.78, 5) is 197. The van der Waals surface area contributed by atoms with Crippen molar-refractivity contribution in [1.29, 1.82) is 0 Å². The zero-order chi connectivity index (χ0) is 83.7. The van der Waals surface area contributed by atoms with Crippen LogP contribution >= 0.6 is 0 Å². The van der Waals surface area contributed by atoms with E-state index in [2.05, 4.69) is 85.1 Å². The van der Waals surface area contributed by atoms with Crippen molar-refractivity contribution in [3.8, 4) is 0 Å². The average Bonchev–Trinajstić information content (AvgIpc) is 0.973. The number of benzene rings is 1. The molecule has 0 aliphatic carbocycles. The number of aliphatic hydroxyl groups is 2. The third-order valence-corrected chi connectivity index (χ3v) is 15.5. The van der Waals surface area contributed by atoms with Crippen molar-refractivity contribution in [3.05, 3.63) is 35.9 Å². The number of alkyl carbamates (subject to hydrolysis) is 5. The minimum atomic E-state index is -1.81. The van der Waals surface area contributed by atoms with Crippen LogP contribution in [0, 0.1) is 5.92 Å². The fourth-order valence-electron chi connectivity index (χ4n) is 10.4. The number of likely N-dealkylation sites (N-methyl/N-ethyl adjacent to an activating group) is 1. The average molecular weight is 1560 g/mol. The summed E-state index contributed by atoms with van der Waals surface area (Å²) >= 11 is 0. The van der Waals surface area contributed by atoms with Crippen LogP contribution in [-0.2, 0) is 73.3 Å². The second-order valence-electron chi connectivity index (χ2n) is 32.3. The Balaban J connectivity index is 3.03. The number of hydrogen-bond donors (Lipinski definition) is 18. The predicted molar refractivity (Wildman–Crippen MR) is 405 cm³/mol. The SMILES string of the molecule is CNC(CCNC(=O)OC(C)(C)C)C(=O)N[C@H](C(=O)N[C@@H](CCNC(=O)OC(C)(C)C)C(=O)N[C@H]1CCNC(=O)[C@H]([C@H](C)O)NC(=O)[C@H](CCNC(=O)OC(C)(C)C)NC(=O)[C@H](CCNC(=O)OC(C)(C)C)NC(=O)[C@H](CC(C)C)NC(=O)[C@@H](Cc2ccccc2)NC(=O)[C@H](CCNC(=O)OC(C)(C)C)NC1)C(C)O. The van der Waals surface area contributed by atoms with Crippen LogP contribution in [-0.4, -0.2) is 247 Å². The van der Waals surface area contributed by atoms with Gasteiger partial charge in [-0.05, 0) is 181 Å². The zero-order valence-electron chi connectivity index (χ0n) is 67.7. The fraction of sp³-hybridized carbons (Fsp3) is 0.726. The smallest absolute Gasteiger partial charge is 0.407 e. The second-order valence-corrected chi connectivity index (χ2v) is 32.3. The maximum absolute atomic E-state index is 15.2. The van der Waals surface area contributed by atoms with Crippen molar-refractivity contribution in [2.45, 2.75) is 284 Å². The van der Waals surface area contributed by atoms with Crippen LogP contribution in [0.25, 0.3) is 0 Å². The number of nitrogens with one attached hydrogen (secondary N) is 16. The van der Waals surface area contributed by atoms with Gasteiger partial charge in [-0.2, -0.15) is 0 Å². The van der Waals surface area contributed by atoms with Gasteiger partial charge in [0.15, 0.2) is 0 Å². The summed E-state index contributed by atoms with van der Waals surface area (Å²) in [5.74, 6) is -9.02. The van der Waals surface area contributed by atoms with Gasteiger partial charge in [0.2, 0.25) is 53.2 Å². The van der Waals surface area contributed by atoms with Gasteiger partial charge in [0.05, 0.1) is 24.3 Å². The van der Waals surface area contributed by atoms with Crippen LogP contribution in [0.5, 0.6) is 0 Å². The Kier molecular flexibility index (Phi) is 40.2. The van der Waals surface area contributed by atoms with E-state index in [1.54, 1.807) is 148 Å². The molecule has 37 nitrogen and oxygen atoms in total. The standard InChI is InChI=1S/C73H126N16O21/c1-41(2)38-51-60(97)84-49(30-36-79-67(104)109-72(14,15)16)58(95)83-50(31-37-80-68(105)110-73(17,18)19)59(96)88-53(42(3)90)62(99)75-32-26-45(40-81-47(28-34-77-65(102)107-70(8,9)10)56(93)87-52(61(98)86-51)39-44-24-22-21-23-25-44)82-57(94)48(29-35-78-66(103)108-71(11,12)13)85-63(100)54(43(4)91)89-55(92)46(74-20)27-33-76-64(101)106-69(5,6)7/h21-25,41-43,45-54,74,81,90-91H,26-40H2,1-20H3,(H,75,99)(H,76,101)(H,77,102)(H,78,103)(H,79,104)(H,80,105)(H,82,94)(H,83,95)(H,84,97)(H,85,100)(H,86,98)(H,87,93)(H,88,96)(H,89,92)/t42-,43?,45-,46?,47-,48-,49-,50-,51-,52+,53-,54-/m0/s1. The van der Waals surface area contributed by atoms with Crippen molar-refractivity contribution in [2.24, 2.45) is 5.92 Å². The largest absolute Gasteiger partial charge is 0.444 e. The molecular weight excluding hydrogens is 1440 g/mol. The van der Waals surface area contributed by atoms with Crippen molar-refractivity contribution < 1.29 is 101 Å². The first-order valence-electron chi connectivity index (χ1n) is 37.2. The minimum Gasteiger partial charge on any atom is -0.444 e. The van der Waals surface area contributed by atoms with Crippen LogP contribution in [0.15, 0.2) is 30.3 Å². The number of amides is 14. The highest BCUT2D eigenvalue weighted by Gasteiger charge is 2.38. The summed E-state index contributed by atoms with van der Waals surface area (Å²) in [6, 6.07) is -6.66. The highest BCUT2D eigenvalue weighted by molar-refractivity contribution is 5.97. The second kappa shape index (κ2) is 45.7. The highest BCUT2D eigenvalue weighted by Crippen LogP contribution is 2.15. The number of rotatable bonds is 28. The van der Waals surface area contributed by atoms with Gasteiger partial charge in [0.1, 0.15) is 70.3 Å². The number of ether oxygens (including phenoxy) is 5. The predicted octanol–water partition coefficient (Wildman–Crippen LogP) is 0.555. The Labute approximate surface area is 645 Å². The summed E-state index contributed by atoms with van der Waals surface area (Å²) in [5, 5.41) is 64.7. The molecule has 37 heteroatoms. The Morgan fingerprint density at radius 2 is 0.845 bits per heavy atom. The van der Waals surface area contributed by atoms with Crippen molar-refractivity contribution in [3.63, 3.8) is 0 Å². The van der Waals surface area contributed by atoms with E-state index in [4.69, 9.17) is 23.7 Å². The maximum atomic E-state index is 15.2. The van der Waals surface area contributed by atoms with Gasteiger partial charge < -0.3 is 119 Å². The van der Waals surface area contributed by atoms with E-state index in [0.29, 0.717) is 5.56 Å². The molecule has 18 N–H and O–H groups in total. The molecular formula is C73H126N16O21. The van der Waals surface area contributed by atoms with Crippen molar-refractivity contribution >= 4 is 83.6 Å². The summed E-state index contributed by atoms with van der Waals surface area (Å²) < 4.78 is 26.9. The molecule has 1 aromatic carbocycles. The summed E-state index contributed by atoms with van der Waals surface area (Å²) in [5.41, 5.74) is -4.12. The lowest BCUT2D eigenvalue weighted by Gasteiger charge is -2.29. The molecule has 2 rings (SSSR count). The molecule has 110 heavy (non-hydrogen) atoms. The molecule has 1 fully saturated rings. The van der Waals surface area contributed by atoms with E-state index >= 15 is 14.4 Å². The summed E-state index contributed by atoms with van der Waals surface area (Å²) in [6.07, 6.45) is -9.58. The van der Waals surface area contributed by atoms with Crippen LogP contribution in [0.4, 0.5) is 24.0 Å². The molecule has 1 aliphatic heterocycles. The molecule has 1 saturated heterocycles. The molecule has 0 saturated carbocycles.